The highest BCUT2D eigenvalue weighted by Gasteiger charge is 2.38. The molecule has 0 bridgehead atoms. The fourth-order valence-corrected chi connectivity index (χ4v) is 3.32. The minimum atomic E-state index is -0.645. The minimum absolute atomic E-state index is 0.201. The maximum atomic E-state index is 11.5. The van der Waals surface area contributed by atoms with Crippen LogP contribution in [0.15, 0.2) is 12.3 Å². The summed E-state index contributed by atoms with van der Waals surface area (Å²) >= 11 is 0. The number of aliphatic carboxylic acids is 1. The summed E-state index contributed by atoms with van der Waals surface area (Å²) in [6.45, 7) is 8.68. The van der Waals surface area contributed by atoms with E-state index in [9.17, 15) is 9.90 Å². The normalized spacial score (nSPS) is 25.9. The molecule has 2 unspecified atom stereocenters. The first-order chi connectivity index (χ1) is 9.28. The van der Waals surface area contributed by atoms with Crippen LogP contribution in [-0.4, -0.2) is 20.9 Å². The van der Waals surface area contributed by atoms with Crippen LogP contribution in [0.2, 0.25) is 0 Å². The first-order valence-electron chi connectivity index (χ1n) is 7.55. The zero-order valence-electron chi connectivity index (χ0n) is 13.0. The molecule has 1 aliphatic carbocycles. The Kier molecular flexibility index (Phi) is 4.21. The second-order valence-corrected chi connectivity index (χ2v) is 7.20. The number of hydrogen-bond donors (Lipinski definition) is 1. The molecule has 1 aromatic heterocycles. The van der Waals surface area contributed by atoms with Gasteiger partial charge in [0.2, 0.25) is 0 Å². The van der Waals surface area contributed by atoms with Gasteiger partial charge in [0, 0.05) is 12.2 Å². The largest absolute Gasteiger partial charge is 0.481 e. The lowest BCUT2D eigenvalue weighted by molar-refractivity contribution is -0.146. The lowest BCUT2D eigenvalue weighted by atomic mass is 9.66. The molecule has 0 aliphatic heterocycles. The molecule has 0 amide bonds. The Hall–Kier alpha value is -1.32. The number of hydrogen-bond acceptors (Lipinski definition) is 2. The predicted molar refractivity (Wildman–Crippen MR) is 78.6 cm³/mol. The molecule has 1 aliphatic rings. The van der Waals surface area contributed by atoms with Crippen molar-refractivity contribution < 1.29 is 9.90 Å². The van der Waals surface area contributed by atoms with Gasteiger partial charge in [-0.15, -0.1) is 0 Å². The van der Waals surface area contributed by atoms with E-state index in [2.05, 4.69) is 32.8 Å². The zero-order chi connectivity index (χ0) is 14.9. The molecular weight excluding hydrogens is 252 g/mol. The standard InChI is InChI=1S/C16H26N2O2/c1-11(2)18-8-6-13(17-18)9-12-10-16(3,4)7-5-14(12)15(19)20/h6,8,11-12,14H,5,7,9-10H2,1-4H3,(H,19,20). The van der Waals surface area contributed by atoms with E-state index < -0.39 is 5.97 Å². The molecule has 2 atom stereocenters. The van der Waals surface area contributed by atoms with Crippen molar-refractivity contribution in [3.8, 4) is 0 Å². The second-order valence-electron chi connectivity index (χ2n) is 7.20. The van der Waals surface area contributed by atoms with Crippen molar-refractivity contribution in [2.75, 3.05) is 0 Å². The van der Waals surface area contributed by atoms with Crippen molar-refractivity contribution in [2.24, 2.45) is 17.3 Å². The van der Waals surface area contributed by atoms with Gasteiger partial charge in [0.25, 0.3) is 0 Å². The van der Waals surface area contributed by atoms with Crippen LogP contribution in [0.1, 0.15) is 58.7 Å². The van der Waals surface area contributed by atoms with E-state index in [-0.39, 0.29) is 17.3 Å². The smallest absolute Gasteiger partial charge is 0.306 e. The average molecular weight is 278 g/mol. The number of aromatic nitrogens is 2. The number of rotatable bonds is 4. The van der Waals surface area contributed by atoms with Crippen LogP contribution in [0.4, 0.5) is 0 Å². The Morgan fingerprint density at radius 3 is 2.80 bits per heavy atom. The molecule has 112 valence electrons. The van der Waals surface area contributed by atoms with Crippen LogP contribution in [0.5, 0.6) is 0 Å². The van der Waals surface area contributed by atoms with Crippen molar-refractivity contribution >= 4 is 5.97 Å². The molecule has 4 nitrogen and oxygen atoms in total. The van der Waals surface area contributed by atoms with Gasteiger partial charge in [-0.2, -0.15) is 5.10 Å². The zero-order valence-corrected chi connectivity index (χ0v) is 13.0. The molecule has 1 N–H and O–H groups in total. The van der Waals surface area contributed by atoms with Crippen molar-refractivity contribution in [3.63, 3.8) is 0 Å². The van der Waals surface area contributed by atoms with Gasteiger partial charge in [-0.25, -0.2) is 0 Å². The summed E-state index contributed by atoms with van der Waals surface area (Å²) < 4.78 is 1.94. The molecule has 0 spiro atoms. The van der Waals surface area contributed by atoms with Gasteiger partial charge in [-0.3, -0.25) is 9.48 Å². The molecule has 1 fully saturated rings. The maximum Gasteiger partial charge on any atom is 0.306 e. The first-order valence-corrected chi connectivity index (χ1v) is 7.55. The summed E-state index contributed by atoms with van der Waals surface area (Å²) in [5, 5.41) is 14.0. The van der Waals surface area contributed by atoms with E-state index in [0.29, 0.717) is 6.04 Å². The molecule has 4 heteroatoms. The molecule has 0 saturated heterocycles. The molecule has 1 saturated carbocycles. The molecule has 2 rings (SSSR count). The number of carboxylic acids is 1. The van der Waals surface area contributed by atoms with Crippen LogP contribution in [-0.2, 0) is 11.2 Å². The third-order valence-electron chi connectivity index (χ3n) is 4.50. The van der Waals surface area contributed by atoms with Gasteiger partial charge in [-0.1, -0.05) is 13.8 Å². The van der Waals surface area contributed by atoms with Gasteiger partial charge >= 0.3 is 5.97 Å². The van der Waals surface area contributed by atoms with Crippen LogP contribution < -0.4 is 0 Å². The molecule has 1 aromatic rings. The molecular formula is C16H26N2O2. The highest BCUT2D eigenvalue weighted by Crippen LogP contribution is 2.43. The summed E-state index contributed by atoms with van der Waals surface area (Å²) in [7, 11) is 0. The van der Waals surface area contributed by atoms with Gasteiger partial charge in [0.1, 0.15) is 0 Å². The molecule has 0 aromatic carbocycles. The first kappa shape index (κ1) is 15.1. The Bertz CT molecular complexity index is 477. The number of carboxylic acid groups (broad SMARTS) is 1. The predicted octanol–water partition coefficient (Wildman–Crippen LogP) is 3.53. The van der Waals surface area contributed by atoms with Crippen LogP contribution in [0.25, 0.3) is 0 Å². The van der Waals surface area contributed by atoms with E-state index >= 15 is 0 Å². The fraction of sp³-hybridized carbons (Fsp3) is 0.750. The van der Waals surface area contributed by atoms with Crippen LogP contribution in [0.3, 0.4) is 0 Å². The van der Waals surface area contributed by atoms with Gasteiger partial charge in [0.05, 0.1) is 11.6 Å². The highest BCUT2D eigenvalue weighted by atomic mass is 16.4. The van der Waals surface area contributed by atoms with Crippen LogP contribution in [0, 0.1) is 17.3 Å². The Labute approximate surface area is 121 Å². The fourth-order valence-electron chi connectivity index (χ4n) is 3.32. The summed E-state index contributed by atoms with van der Waals surface area (Å²) in [6, 6.07) is 2.38. The average Bonchev–Trinajstić information content (AvgIpc) is 2.76. The number of carbonyl (C=O) groups is 1. The summed E-state index contributed by atoms with van der Waals surface area (Å²) in [5.74, 6) is -0.659. The summed E-state index contributed by atoms with van der Waals surface area (Å²) in [5.41, 5.74) is 1.27. The van der Waals surface area contributed by atoms with Crippen molar-refractivity contribution in [1.82, 2.24) is 9.78 Å². The van der Waals surface area contributed by atoms with Crippen molar-refractivity contribution in [1.29, 1.82) is 0 Å². The van der Waals surface area contributed by atoms with E-state index in [0.717, 1.165) is 31.4 Å². The molecule has 0 radical (unpaired) electrons. The topological polar surface area (TPSA) is 55.1 Å². The van der Waals surface area contributed by atoms with E-state index in [4.69, 9.17) is 0 Å². The molecule has 20 heavy (non-hydrogen) atoms. The van der Waals surface area contributed by atoms with E-state index in [1.165, 1.54) is 0 Å². The Balaban J connectivity index is 2.12. The van der Waals surface area contributed by atoms with E-state index in [1.54, 1.807) is 0 Å². The third kappa shape index (κ3) is 3.41. The SMILES string of the molecule is CC(C)n1ccc(CC2CC(C)(C)CCC2C(=O)O)n1. The van der Waals surface area contributed by atoms with E-state index in [1.807, 2.05) is 16.9 Å². The Morgan fingerprint density at radius 1 is 1.55 bits per heavy atom. The van der Waals surface area contributed by atoms with Crippen LogP contribution >= 0.6 is 0 Å². The van der Waals surface area contributed by atoms with Crippen molar-refractivity contribution in [2.45, 2.75) is 59.4 Å². The lowest BCUT2D eigenvalue weighted by Gasteiger charge is -2.38. The quantitative estimate of drug-likeness (QED) is 0.916. The highest BCUT2D eigenvalue weighted by molar-refractivity contribution is 5.70. The second kappa shape index (κ2) is 5.58. The number of nitrogens with zero attached hydrogens (tertiary/aromatic N) is 2. The lowest BCUT2D eigenvalue weighted by Crippen LogP contribution is -2.35. The van der Waals surface area contributed by atoms with Gasteiger partial charge in [0.15, 0.2) is 0 Å². The minimum Gasteiger partial charge on any atom is -0.481 e. The van der Waals surface area contributed by atoms with Gasteiger partial charge in [-0.05, 0) is 56.9 Å². The maximum absolute atomic E-state index is 11.5. The van der Waals surface area contributed by atoms with Crippen molar-refractivity contribution in [3.05, 3.63) is 18.0 Å². The summed E-state index contributed by atoms with van der Waals surface area (Å²) in [6.07, 6.45) is 5.53. The monoisotopic (exact) mass is 278 g/mol. The third-order valence-corrected chi connectivity index (χ3v) is 4.50. The Morgan fingerprint density at radius 2 is 2.25 bits per heavy atom. The molecule has 1 heterocycles. The van der Waals surface area contributed by atoms with Gasteiger partial charge < -0.3 is 5.11 Å². The summed E-state index contributed by atoms with van der Waals surface area (Å²) in [4.78, 5) is 11.5.